The van der Waals surface area contributed by atoms with Crippen LogP contribution in [0, 0.1) is 0 Å². The van der Waals surface area contributed by atoms with Gasteiger partial charge in [0.1, 0.15) is 11.4 Å². The number of aromatic amines is 1. The van der Waals surface area contributed by atoms with E-state index in [1.165, 1.54) is 0 Å². The molecule has 0 amide bonds. The third-order valence-electron chi connectivity index (χ3n) is 3.15. The van der Waals surface area contributed by atoms with Crippen LogP contribution in [0.3, 0.4) is 0 Å². The van der Waals surface area contributed by atoms with E-state index in [4.69, 9.17) is 4.74 Å². The number of ether oxygens (including phenoxy) is 1. The van der Waals surface area contributed by atoms with Crippen LogP contribution in [0.15, 0.2) is 28.9 Å². The van der Waals surface area contributed by atoms with Gasteiger partial charge in [-0.05, 0) is 44.5 Å². The molecule has 4 nitrogen and oxygen atoms in total. The molecule has 2 aromatic rings. The number of carbonyl (C=O) groups excluding carboxylic acids is 2. The van der Waals surface area contributed by atoms with Crippen LogP contribution in [0.2, 0.25) is 0 Å². The van der Waals surface area contributed by atoms with Crippen molar-refractivity contribution >= 4 is 38.6 Å². The first kappa shape index (κ1) is 16.7. The average molecular weight is 366 g/mol. The average Bonchev–Trinajstić information content (AvgIpc) is 2.77. The summed E-state index contributed by atoms with van der Waals surface area (Å²) >= 11 is 3.44. The second kappa shape index (κ2) is 6.65. The number of rotatable bonds is 5. The number of ketones is 1. The highest BCUT2D eigenvalue weighted by Gasteiger charge is 2.17. The maximum atomic E-state index is 12.1. The molecular formula is C17H20BrNO3. The first-order chi connectivity index (χ1) is 10.2. The zero-order chi connectivity index (χ0) is 16.3. The third kappa shape index (κ3) is 4.70. The molecule has 0 unspecified atom stereocenters. The number of aromatic nitrogens is 1. The highest BCUT2D eigenvalue weighted by Crippen LogP contribution is 2.23. The first-order valence-corrected chi connectivity index (χ1v) is 8.03. The van der Waals surface area contributed by atoms with Crippen LogP contribution in [0.4, 0.5) is 0 Å². The molecule has 0 saturated carbocycles. The molecule has 0 saturated heterocycles. The molecule has 118 valence electrons. The predicted octanol–water partition coefficient (Wildman–Crippen LogP) is 4.16. The van der Waals surface area contributed by atoms with Crippen molar-refractivity contribution < 1.29 is 14.3 Å². The molecule has 1 heterocycles. The second-order valence-corrected chi connectivity index (χ2v) is 7.22. The molecule has 22 heavy (non-hydrogen) atoms. The van der Waals surface area contributed by atoms with Gasteiger partial charge in [0.15, 0.2) is 0 Å². The van der Waals surface area contributed by atoms with Crippen LogP contribution in [0.1, 0.15) is 39.2 Å². The summed E-state index contributed by atoms with van der Waals surface area (Å²) in [5.74, 6) is -0.297. The van der Waals surface area contributed by atoms with Crippen LogP contribution < -0.4 is 0 Å². The molecule has 0 fully saturated rings. The summed E-state index contributed by atoms with van der Waals surface area (Å²) in [5, 5.41) is 1.03. The van der Waals surface area contributed by atoms with Crippen molar-refractivity contribution in [3.8, 4) is 0 Å². The minimum atomic E-state index is -0.511. The molecule has 1 aromatic carbocycles. The van der Waals surface area contributed by atoms with Gasteiger partial charge in [-0.25, -0.2) is 0 Å². The summed E-state index contributed by atoms with van der Waals surface area (Å²) in [6, 6.07) is 5.91. The Balaban J connectivity index is 1.94. The number of halogens is 1. The van der Waals surface area contributed by atoms with Crippen molar-refractivity contribution in [2.24, 2.45) is 0 Å². The molecule has 1 aromatic heterocycles. The van der Waals surface area contributed by atoms with Crippen molar-refractivity contribution in [2.75, 3.05) is 0 Å². The van der Waals surface area contributed by atoms with E-state index >= 15 is 0 Å². The Bertz CT molecular complexity index is 697. The molecule has 0 atom stereocenters. The van der Waals surface area contributed by atoms with Gasteiger partial charge in [0.2, 0.25) is 0 Å². The highest BCUT2D eigenvalue weighted by atomic mass is 79.9. The molecule has 0 aliphatic carbocycles. The molecule has 0 spiro atoms. The number of nitrogens with one attached hydrogen (secondary N) is 1. The van der Waals surface area contributed by atoms with Gasteiger partial charge in [-0.3, -0.25) is 9.59 Å². The number of fused-ring (bicyclic) bond motifs is 1. The van der Waals surface area contributed by atoms with Gasteiger partial charge in [-0.15, -0.1) is 0 Å². The maximum Gasteiger partial charge on any atom is 0.306 e. The minimum absolute atomic E-state index is 0.0340. The number of carbonyl (C=O) groups is 2. The van der Waals surface area contributed by atoms with E-state index in [2.05, 4.69) is 20.9 Å². The van der Waals surface area contributed by atoms with E-state index in [-0.39, 0.29) is 24.6 Å². The van der Waals surface area contributed by atoms with Crippen LogP contribution in [-0.2, 0) is 20.7 Å². The summed E-state index contributed by atoms with van der Waals surface area (Å²) < 4.78 is 6.18. The fraction of sp³-hybridized carbons (Fsp3) is 0.412. The fourth-order valence-corrected chi connectivity index (χ4v) is 2.59. The summed E-state index contributed by atoms with van der Waals surface area (Å²) in [5.41, 5.74) is 1.44. The van der Waals surface area contributed by atoms with Crippen molar-refractivity contribution in [1.29, 1.82) is 0 Å². The number of esters is 1. The summed E-state index contributed by atoms with van der Waals surface area (Å²) in [6.45, 7) is 5.45. The maximum absolute atomic E-state index is 12.1. The molecule has 1 N–H and O–H groups in total. The minimum Gasteiger partial charge on any atom is -0.460 e. The fourth-order valence-electron chi connectivity index (χ4n) is 2.23. The van der Waals surface area contributed by atoms with Crippen molar-refractivity contribution in [1.82, 2.24) is 4.98 Å². The normalized spacial score (nSPS) is 11.6. The van der Waals surface area contributed by atoms with Gasteiger partial charge in [-0.1, -0.05) is 15.9 Å². The number of benzene rings is 1. The Morgan fingerprint density at radius 3 is 2.64 bits per heavy atom. The van der Waals surface area contributed by atoms with Crippen molar-refractivity contribution in [3.63, 3.8) is 0 Å². The summed E-state index contributed by atoms with van der Waals surface area (Å²) in [4.78, 5) is 26.9. The van der Waals surface area contributed by atoms with E-state index in [1.54, 1.807) is 0 Å². The van der Waals surface area contributed by atoms with Gasteiger partial charge < -0.3 is 9.72 Å². The quantitative estimate of drug-likeness (QED) is 0.809. The Kier molecular flexibility index (Phi) is 5.06. The number of hydrogen-bond donors (Lipinski definition) is 1. The number of H-pyrrole nitrogens is 1. The molecule has 0 bridgehead atoms. The lowest BCUT2D eigenvalue weighted by Gasteiger charge is -2.19. The van der Waals surface area contributed by atoms with Crippen molar-refractivity contribution in [2.45, 2.75) is 45.6 Å². The van der Waals surface area contributed by atoms with E-state index in [1.807, 2.05) is 45.2 Å². The Morgan fingerprint density at radius 1 is 1.23 bits per heavy atom. The lowest BCUT2D eigenvalue weighted by atomic mass is 10.0. The van der Waals surface area contributed by atoms with Gasteiger partial charge in [0.05, 0.1) is 6.42 Å². The van der Waals surface area contributed by atoms with E-state index < -0.39 is 5.60 Å². The molecule has 2 rings (SSSR count). The predicted molar refractivity (Wildman–Crippen MR) is 89.8 cm³/mol. The van der Waals surface area contributed by atoms with Gasteiger partial charge >= 0.3 is 5.97 Å². The number of Topliss-reactive ketones (excluding diaryl/α,β-unsaturated/α-hetero) is 1. The summed E-state index contributed by atoms with van der Waals surface area (Å²) in [6.07, 6.45) is 2.50. The standard InChI is InChI=1S/C17H20BrNO3/c1-17(2,3)22-16(21)7-5-13(20)8-11-10-19-15-6-4-12(18)9-14(11)15/h4,6,9-10,19H,5,7-8H2,1-3H3. The SMILES string of the molecule is CC(C)(C)OC(=O)CCC(=O)Cc1c[nH]c2ccc(Br)cc12. The molecule has 0 aliphatic heterocycles. The molecule has 5 heteroatoms. The Morgan fingerprint density at radius 2 is 1.95 bits per heavy atom. The Labute approximate surface area is 138 Å². The number of hydrogen-bond acceptors (Lipinski definition) is 3. The lowest BCUT2D eigenvalue weighted by molar-refractivity contribution is -0.155. The third-order valence-corrected chi connectivity index (χ3v) is 3.64. The van der Waals surface area contributed by atoms with E-state index in [0.717, 1.165) is 20.9 Å². The van der Waals surface area contributed by atoms with Crippen LogP contribution in [0.5, 0.6) is 0 Å². The smallest absolute Gasteiger partial charge is 0.306 e. The lowest BCUT2D eigenvalue weighted by Crippen LogP contribution is -2.24. The van der Waals surface area contributed by atoms with Gasteiger partial charge in [0.25, 0.3) is 0 Å². The summed E-state index contributed by atoms with van der Waals surface area (Å²) in [7, 11) is 0. The van der Waals surface area contributed by atoms with Crippen LogP contribution in [-0.4, -0.2) is 22.3 Å². The zero-order valence-corrected chi connectivity index (χ0v) is 14.6. The van der Waals surface area contributed by atoms with Crippen LogP contribution >= 0.6 is 15.9 Å². The van der Waals surface area contributed by atoms with Gasteiger partial charge in [0, 0.05) is 34.4 Å². The monoisotopic (exact) mass is 365 g/mol. The van der Waals surface area contributed by atoms with E-state index in [9.17, 15) is 9.59 Å². The second-order valence-electron chi connectivity index (χ2n) is 6.31. The van der Waals surface area contributed by atoms with Crippen molar-refractivity contribution in [3.05, 3.63) is 34.4 Å². The van der Waals surface area contributed by atoms with Crippen LogP contribution in [0.25, 0.3) is 10.9 Å². The molecule has 0 radical (unpaired) electrons. The van der Waals surface area contributed by atoms with Gasteiger partial charge in [-0.2, -0.15) is 0 Å². The molecular weight excluding hydrogens is 346 g/mol. The van der Waals surface area contributed by atoms with E-state index in [0.29, 0.717) is 6.42 Å². The highest BCUT2D eigenvalue weighted by molar-refractivity contribution is 9.10. The first-order valence-electron chi connectivity index (χ1n) is 7.24. The topological polar surface area (TPSA) is 59.2 Å². The molecule has 0 aliphatic rings. The largest absolute Gasteiger partial charge is 0.460 e. The Hall–Kier alpha value is -1.62. The zero-order valence-electron chi connectivity index (χ0n) is 13.0.